The number of aryl methyl sites for hydroxylation is 2. The lowest BCUT2D eigenvalue weighted by molar-refractivity contribution is -0.137. The van der Waals surface area contributed by atoms with Gasteiger partial charge in [0.2, 0.25) is 0 Å². The van der Waals surface area contributed by atoms with Gasteiger partial charge in [-0.2, -0.15) is 13.2 Å². The lowest BCUT2D eigenvalue weighted by Gasteiger charge is -2.34. The Kier molecular flexibility index (Phi) is 6.41. The summed E-state index contributed by atoms with van der Waals surface area (Å²) in [6.07, 6.45) is -2.87. The molecule has 1 aliphatic heterocycles. The zero-order chi connectivity index (χ0) is 25.6. The van der Waals surface area contributed by atoms with E-state index < -0.39 is 11.7 Å². The van der Waals surface area contributed by atoms with Crippen LogP contribution in [-0.2, 0) is 12.6 Å². The monoisotopic (exact) mass is 509 g/mol. The zero-order valence-corrected chi connectivity index (χ0v) is 21.2. The topological polar surface area (TPSA) is 29.0 Å². The number of fused-ring (bicyclic) bond motifs is 1. The minimum Gasteiger partial charge on any atom is -0.356 e. The number of halogens is 4. The third kappa shape index (κ3) is 4.66. The van der Waals surface area contributed by atoms with Crippen LogP contribution in [0.1, 0.15) is 58.5 Å². The Morgan fingerprint density at radius 2 is 1.69 bits per heavy atom. The molecule has 1 unspecified atom stereocenters. The Labute approximate surface area is 214 Å². The highest BCUT2D eigenvalue weighted by Gasteiger charge is 2.30. The van der Waals surface area contributed by atoms with E-state index in [4.69, 9.17) is 16.6 Å². The van der Waals surface area contributed by atoms with Gasteiger partial charge in [0, 0.05) is 47.8 Å². The van der Waals surface area contributed by atoms with Gasteiger partial charge in [0.05, 0.1) is 16.1 Å². The molecule has 0 N–H and O–H groups in total. The molecule has 1 aliphatic rings. The van der Waals surface area contributed by atoms with E-state index in [0.717, 1.165) is 82.0 Å². The van der Waals surface area contributed by atoms with E-state index >= 15 is 0 Å². The lowest BCUT2D eigenvalue weighted by atomic mass is 9.90. The van der Waals surface area contributed by atoms with Gasteiger partial charge in [0.1, 0.15) is 5.82 Å². The van der Waals surface area contributed by atoms with Crippen molar-refractivity contribution in [2.75, 3.05) is 18.0 Å². The molecule has 5 rings (SSSR count). The summed E-state index contributed by atoms with van der Waals surface area (Å²) >= 11 is 7.04. The van der Waals surface area contributed by atoms with E-state index in [1.165, 1.54) is 12.1 Å². The molecule has 1 saturated heterocycles. The fourth-order valence-electron chi connectivity index (χ4n) is 4.84. The maximum absolute atomic E-state index is 13.0. The van der Waals surface area contributed by atoms with Crippen LogP contribution in [0.3, 0.4) is 0 Å². The summed E-state index contributed by atoms with van der Waals surface area (Å²) in [4.78, 5) is 11.8. The molecule has 2 aromatic carbocycles. The molecular weight excluding hydrogens is 483 g/mol. The molecule has 0 aliphatic carbocycles. The summed E-state index contributed by atoms with van der Waals surface area (Å²) in [5.74, 6) is 0.935. The highest BCUT2D eigenvalue weighted by atomic mass is 35.5. The van der Waals surface area contributed by atoms with Crippen molar-refractivity contribution >= 4 is 28.3 Å². The number of aromatic nitrogens is 2. The van der Waals surface area contributed by atoms with E-state index in [1.807, 2.05) is 26.0 Å². The minimum absolute atomic E-state index is 0.118. The van der Waals surface area contributed by atoms with Gasteiger partial charge in [-0.05, 0) is 67.3 Å². The van der Waals surface area contributed by atoms with Crippen LogP contribution < -0.4 is 4.90 Å². The van der Waals surface area contributed by atoms with Crippen molar-refractivity contribution in [3.8, 4) is 0 Å². The summed E-state index contributed by atoms with van der Waals surface area (Å²) in [5.41, 5.74) is 6.02. The number of hydrogen-bond acceptors (Lipinski definition) is 3. The molecule has 0 radical (unpaired) electrons. The molecule has 0 saturated carbocycles. The fraction of sp³-hybridized carbons (Fsp3) is 0.310. The van der Waals surface area contributed by atoms with E-state index in [-0.39, 0.29) is 5.92 Å². The second kappa shape index (κ2) is 9.40. The Morgan fingerprint density at radius 1 is 0.972 bits per heavy atom. The first-order valence-electron chi connectivity index (χ1n) is 12.1. The Balaban J connectivity index is 1.57. The molecule has 0 amide bonds. The SMILES string of the molecule is Cc1ccc(C(C)c2ccc3nc(N4CCC4)c(Cc4ccc(C(F)(F)F)cc4)c(Cl)c3c2)c(C)n1. The molecule has 0 bridgehead atoms. The smallest absolute Gasteiger partial charge is 0.356 e. The molecule has 0 spiro atoms. The van der Waals surface area contributed by atoms with Crippen LogP contribution in [0.2, 0.25) is 5.02 Å². The molecule has 7 heteroatoms. The van der Waals surface area contributed by atoms with Crippen LogP contribution in [0.4, 0.5) is 19.0 Å². The average molecular weight is 510 g/mol. The Morgan fingerprint density at radius 3 is 2.31 bits per heavy atom. The molecule has 36 heavy (non-hydrogen) atoms. The maximum atomic E-state index is 13.0. The van der Waals surface area contributed by atoms with Crippen molar-refractivity contribution in [1.82, 2.24) is 9.97 Å². The fourth-order valence-corrected chi connectivity index (χ4v) is 5.14. The third-order valence-corrected chi connectivity index (χ3v) is 7.50. The van der Waals surface area contributed by atoms with Gasteiger partial charge in [-0.25, -0.2) is 4.98 Å². The van der Waals surface area contributed by atoms with Crippen molar-refractivity contribution in [3.05, 3.63) is 98.8 Å². The van der Waals surface area contributed by atoms with Gasteiger partial charge in [0.15, 0.2) is 0 Å². The second-order valence-corrected chi connectivity index (χ2v) is 9.94. The van der Waals surface area contributed by atoms with Crippen molar-refractivity contribution in [1.29, 1.82) is 0 Å². The van der Waals surface area contributed by atoms with Gasteiger partial charge in [-0.15, -0.1) is 0 Å². The first kappa shape index (κ1) is 24.6. The normalized spacial score (nSPS) is 14.7. The number of nitrogens with zero attached hydrogens (tertiary/aromatic N) is 3. The number of pyridine rings is 2. The minimum atomic E-state index is -4.36. The largest absolute Gasteiger partial charge is 0.416 e. The predicted octanol–water partition coefficient (Wildman–Crippen LogP) is 7.87. The summed E-state index contributed by atoms with van der Waals surface area (Å²) in [5, 5.41) is 1.46. The number of benzene rings is 2. The van der Waals surface area contributed by atoms with E-state index in [9.17, 15) is 13.2 Å². The lowest BCUT2D eigenvalue weighted by Crippen LogP contribution is -2.38. The second-order valence-electron chi connectivity index (χ2n) is 9.57. The number of anilines is 1. The third-order valence-electron chi connectivity index (χ3n) is 7.07. The van der Waals surface area contributed by atoms with Crippen LogP contribution in [0.5, 0.6) is 0 Å². The van der Waals surface area contributed by atoms with Crippen molar-refractivity contribution < 1.29 is 13.2 Å². The summed E-state index contributed by atoms with van der Waals surface area (Å²) < 4.78 is 39.1. The summed E-state index contributed by atoms with van der Waals surface area (Å²) in [6, 6.07) is 15.6. The Hall–Kier alpha value is -3.12. The number of alkyl halides is 3. The van der Waals surface area contributed by atoms with E-state index in [1.54, 1.807) is 0 Å². The number of hydrogen-bond donors (Lipinski definition) is 0. The summed E-state index contributed by atoms with van der Waals surface area (Å²) in [7, 11) is 0. The molecular formula is C29H27ClF3N3. The molecule has 3 heterocycles. The van der Waals surface area contributed by atoms with Gasteiger partial charge < -0.3 is 4.90 Å². The molecule has 2 aromatic heterocycles. The van der Waals surface area contributed by atoms with Crippen LogP contribution >= 0.6 is 11.6 Å². The van der Waals surface area contributed by atoms with Crippen molar-refractivity contribution in [2.45, 2.75) is 45.7 Å². The molecule has 1 fully saturated rings. The van der Waals surface area contributed by atoms with Crippen LogP contribution in [0.15, 0.2) is 54.6 Å². The first-order chi connectivity index (χ1) is 17.1. The maximum Gasteiger partial charge on any atom is 0.416 e. The van der Waals surface area contributed by atoms with Crippen LogP contribution in [0, 0.1) is 13.8 Å². The van der Waals surface area contributed by atoms with Gasteiger partial charge in [-0.3, -0.25) is 4.98 Å². The quantitative estimate of drug-likeness (QED) is 0.274. The highest BCUT2D eigenvalue weighted by molar-refractivity contribution is 6.36. The van der Waals surface area contributed by atoms with Gasteiger partial charge in [0.25, 0.3) is 0 Å². The predicted molar refractivity (Wildman–Crippen MR) is 139 cm³/mol. The Bertz CT molecular complexity index is 1430. The van der Waals surface area contributed by atoms with Gasteiger partial charge in [-0.1, -0.05) is 42.8 Å². The molecule has 4 aromatic rings. The van der Waals surface area contributed by atoms with Crippen LogP contribution in [0.25, 0.3) is 10.9 Å². The highest BCUT2D eigenvalue weighted by Crippen LogP contribution is 2.38. The standard InChI is InChI=1S/C29H27ClF3N3/c1-17-5-11-23(19(3)34-17)18(2)21-8-12-26-24(16-21)27(30)25(28(35-26)36-13-4-14-36)15-20-6-9-22(10-7-20)29(31,32)33/h5-12,16,18H,4,13-15H2,1-3H3. The van der Waals surface area contributed by atoms with E-state index in [0.29, 0.717) is 11.4 Å². The zero-order valence-electron chi connectivity index (χ0n) is 20.5. The average Bonchev–Trinajstić information content (AvgIpc) is 2.79. The van der Waals surface area contributed by atoms with Gasteiger partial charge >= 0.3 is 6.18 Å². The van der Waals surface area contributed by atoms with Crippen molar-refractivity contribution in [3.63, 3.8) is 0 Å². The number of rotatable bonds is 5. The first-order valence-corrected chi connectivity index (χ1v) is 12.5. The van der Waals surface area contributed by atoms with E-state index in [2.05, 4.69) is 35.0 Å². The molecule has 3 nitrogen and oxygen atoms in total. The van der Waals surface area contributed by atoms with Crippen LogP contribution in [-0.4, -0.2) is 23.1 Å². The van der Waals surface area contributed by atoms with Crippen molar-refractivity contribution in [2.24, 2.45) is 0 Å². The molecule has 1 atom stereocenters. The summed E-state index contributed by atoms with van der Waals surface area (Å²) in [6.45, 7) is 7.94. The molecule has 186 valence electrons.